The molecule has 2 N–H and O–H groups in total. The number of hydrogen-bond donors (Lipinski definition) is 2. The minimum atomic E-state index is -0.495. The molecule has 0 bridgehead atoms. The molecular formula is C55H54O4. The molecule has 0 radical (unpaired) electrons. The molecule has 0 heterocycles. The van der Waals surface area contributed by atoms with Gasteiger partial charge in [0, 0.05) is 0 Å². The Kier molecular flexibility index (Phi) is 13.0. The predicted octanol–water partition coefficient (Wildman–Crippen LogP) is 13.8. The van der Waals surface area contributed by atoms with Gasteiger partial charge in [0.2, 0.25) is 0 Å². The van der Waals surface area contributed by atoms with Gasteiger partial charge in [0.15, 0.2) is 0 Å². The average Bonchev–Trinajstić information content (AvgIpc) is 3.59. The Hall–Kier alpha value is -6.52. The Labute approximate surface area is 349 Å². The highest BCUT2D eigenvalue weighted by atomic mass is 16.5. The quantitative estimate of drug-likeness (QED) is 0.128. The number of unbranched alkanes of at least 4 members (excludes halogenated alkanes) is 1. The summed E-state index contributed by atoms with van der Waals surface area (Å²) >= 11 is 0. The molecule has 8 aromatic rings. The molecule has 0 saturated heterocycles. The molecule has 4 heteroatoms. The number of ether oxygens (including phenoxy) is 2. The van der Waals surface area contributed by atoms with Crippen LogP contribution in [0.1, 0.15) is 73.9 Å². The lowest BCUT2D eigenvalue weighted by Gasteiger charge is -2.34. The number of phenolic OH excluding ortho intramolecular Hbond substituents is 2. The van der Waals surface area contributed by atoms with Gasteiger partial charge in [-0.05, 0) is 140 Å². The van der Waals surface area contributed by atoms with E-state index in [2.05, 4.69) is 123 Å². The van der Waals surface area contributed by atoms with Crippen LogP contribution in [0.4, 0.5) is 0 Å². The van der Waals surface area contributed by atoms with E-state index in [4.69, 9.17) is 9.47 Å². The Bertz CT molecular complexity index is 2470. The fourth-order valence-electron chi connectivity index (χ4n) is 8.40. The van der Waals surface area contributed by atoms with Crippen LogP contribution >= 0.6 is 0 Å². The van der Waals surface area contributed by atoms with Gasteiger partial charge >= 0.3 is 0 Å². The molecule has 298 valence electrons. The van der Waals surface area contributed by atoms with Crippen molar-refractivity contribution in [3.63, 3.8) is 0 Å². The summed E-state index contributed by atoms with van der Waals surface area (Å²) in [6.07, 6.45) is 4.03. The number of para-hydroxylation sites is 2. The van der Waals surface area contributed by atoms with Crippen LogP contribution in [0.5, 0.6) is 23.0 Å². The molecule has 0 saturated carbocycles. The first-order valence-electron chi connectivity index (χ1n) is 21.1. The maximum atomic E-state index is 10.0. The number of aromatic hydroxyl groups is 2. The van der Waals surface area contributed by atoms with E-state index in [1.54, 1.807) is 12.1 Å². The highest BCUT2D eigenvalue weighted by Crippen LogP contribution is 2.56. The van der Waals surface area contributed by atoms with Gasteiger partial charge in [0.05, 0.1) is 18.6 Å². The summed E-state index contributed by atoms with van der Waals surface area (Å²) in [5, 5.41) is 24.2. The van der Waals surface area contributed by atoms with Crippen LogP contribution < -0.4 is 9.47 Å². The molecular weight excluding hydrogens is 725 g/mol. The lowest BCUT2D eigenvalue weighted by Crippen LogP contribution is -2.28. The van der Waals surface area contributed by atoms with Gasteiger partial charge in [-0.25, -0.2) is 0 Å². The molecule has 0 spiro atoms. The molecule has 9 rings (SSSR count). The van der Waals surface area contributed by atoms with E-state index in [1.807, 2.05) is 62.4 Å². The van der Waals surface area contributed by atoms with Crippen molar-refractivity contribution in [3.05, 3.63) is 203 Å². The van der Waals surface area contributed by atoms with Crippen LogP contribution in [0.15, 0.2) is 170 Å². The maximum Gasteiger partial charge on any atom is 0.122 e. The Morgan fingerprint density at radius 2 is 0.797 bits per heavy atom. The molecule has 0 unspecified atom stereocenters. The third-order valence-electron chi connectivity index (χ3n) is 11.2. The van der Waals surface area contributed by atoms with Gasteiger partial charge in [-0.15, -0.1) is 0 Å². The molecule has 59 heavy (non-hydrogen) atoms. The number of phenols is 2. The predicted molar refractivity (Wildman–Crippen MR) is 245 cm³/mol. The number of aryl methyl sites for hydroxylation is 2. The minimum absolute atomic E-state index is 0.273. The van der Waals surface area contributed by atoms with E-state index >= 15 is 0 Å². The molecule has 0 amide bonds. The highest BCUT2D eigenvalue weighted by molar-refractivity contribution is 5.92. The zero-order valence-electron chi connectivity index (χ0n) is 34.6. The second-order valence-corrected chi connectivity index (χ2v) is 14.7. The normalized spacial score (nSPS) is 12.1. The molecule has 1 aliphatic carbocycles. The summed E-state index contributed by atoms with van der Waals surface area (Å²) in [6.45, 7) is 9.80. The molecule has 4 nitrogen and oxygen atoms in total. The summed E-state index contributed by atoms with van der Waals surface area (Å²) < 4.78 is 11.7. The van der Waals surface area contributed by atoms with Gasteiger partial charge < -0.3 is 19.7 Å². The number of fused-ring (bicyclic) bond motifs is 5. The van der Waals surface area contributed by atoms with Crippen LogP contribution in [0.25, 0.3) is 32.7 Å². The lowest BCUT2D eigenvalue weighted by molar-refractivity contribution is 0.264. The van der Waals surface area contributed by atoms with Crippen molar-refractivity contribution in [2.45, 2.75) is 58.8 Å². The molecule has 0 fully saturated rings. The van der Waals surface area contributed by atoms with Crippen LogP contribution in [0.2, 0.25) is 0 Å². The van der Waals surface area contributed by atoms with E-state index in [1.165, 1.54) is 44.5 Å². The molecule has 0 aromatic heterocycles. The molecule has 0 aliphatic heterocycles. The molecule has 0 atom stereocenters. The van der Waals surface area contributed by atoms with Crippen molar-refractivity contribution in [2.75, 3.05) is 13.2 Å². The minimum Gasteiger partial charge on any atom is -0.508 e. The van der Waals surface area contributed by atoms with E-state index < -0.39 is 5.41 Å². The topological polar surface area (TPSA) is 58.9 Å². The summed E-state index contributed by atoms with van der Waals surface area (Å²) in [5.74, 6) is 2.58. The summed E-state index contributed by atoms with van der Waals surface area (Å²) in [7, 11) is 0. The van der Waals surface area contributed by atoms with Gasteiger partial charge in [0.1, 0.15) is 23.0 Å². The number of benzene rings is 8. The van der Waals surface area contributed by atoms with Gasteiger partial charge in [-0.3, -0.25) is 0 Å². The molecule has 8 aromatic carbocycles. The SMILES string of the molecule is CC.CCc1ccccc1OCCCCOc1ccccc1CC.Oc1ccc2cc(C3(c4ccc5cc(O)ccc5c4)c4ccccc4-c4ccccc43)ccc2c1. The fraction of sp³-hybridized carbons (Fsp3) is 0.200. The third-order valence-corrected chi connectivity index (χ3v) is 11.2. The fourth-order valence-corrected chi connectivity index (χ4v) is 8.40. The second-order valence-electron chi connectivity index (χ2n) is 14.7. The van der Waals surface area contributed by atoms with E-state index in [-0.39, 0.29) is 11.5 Å². The second kappa shape index (κ2) is 18.8. The first kappa shape index (κ1) is 40.7. The monoisotopic (exact) mass is 778 g/mol. The van der Waals surface area contributed by atoms with Gasteiger partial charge in [0.25, 0.3) is 0 Å². The largest absolute Gasteiger partial charge is 0.508 e. The zero-order valence-corrected chi connectivity index (χ0v) is 34.6. The Morgan fingerprint density at radius 1 is 0.424 bits per heavy atom. The zero-order chi connectivity index (χ0) is 41.2. The van der Waals surface area contributed by atoms with Crippen molar-refractivity contribution in [2.24, 2.45) is 0 Å². The summed E-state index contributed by atoms with van der Waals surface area (Å²) in [6, 6.07) is 58.1. The Morgan fingerprint density at radius 3 is 1.24 bits per heavy atom. The van der Waals surface area contributed by atoms with Crippen molar-refractivity contribution >= 4 is 21.5 Å². The van der Waals surface area contributed by atoms with Gasteiger partial charge in [-0.2, -0.15) is 0 Å². The lowest BCUT2D eigenvalue weighted by atomic mass is 9.67. The van der Waals surface area contributed by atoms with Gasteiger partial charge in [-0.1, -0.05) is 149 Å². The number of hydrogen-bond acceptors (Lipinski definition) is 4. The standard InChI is InChI=1S/C33H22O2.C20H26O2.C2H6/c34-27-15-11-21-17-25(13-9-23(21)19-27)33(26-14-10-24-20-28(35)16-12-22(24)18-26)31-7-3-1-5-29(31)30-6-2-4-8-32(30)33;1-3-17-11-5-7-13-19(17)21-15-9-10-16-22-20-14-8-6-12-18(20)4-2;1-2/h1-20,34-35H;5-8,11-14H,3-4,9-10,15-16H2,1-2H3;1-2H3. The maximum absolute atomic E-state index is 10.0. The summed E-state index contributed by atoms with van der Waals surface area (Å²) in [5.41, 5.74) is 9.45. The highest BCUT2D eigenvalue weighted by Gasteiger charge is 2.46. The number of rotatable bonds is 11. The third kappa shape index (κ3) is 8.40. The Balaban J connectivity index is 0.000000191. The average molecular weight is 779 g/mol. The van der Waals surface area contributed by atoms with Crippen LogP contribution in [-0.4, -0.2) is 23.4 Å². The van der Waals surface area contributed by atoms with E-state index in [9.17, 15) is 10.2 Å². The van der Waals surface area contributed by atoms with Crippen molar-refractivity contribution in [3.8, 4) is 34.1 Å². The smallest absolute Gasteiger partial charge is 0.122 e. The van der Waals surface area contributed by atoms with Crippen LogP contribution in [-0.2, 0) is 18.3 Å². The van der Waals surface area contributed by atoms with E-state index in [0.29, 0.717) is 0 Å². The van der Waals surface area contributed by atoms with Crippen LogP contribution in [0, 0.1) is 0 Å². The van der Waals surface area contributed by atoms with Crippen molar-refractivity contribution < 1.29 is 19.7 Å². The molecule has 1 aliphatic rings. The first-order chi connectivity index (χ1) is 29.0. The van der Waals surface area contributed by atoms with E-state index in [0.717, 1.165) is 71.9 Å². The summed E-state index contributed by atoms with van der Waals surface area (Å²) in [4.78, 5) is 0. The van der Waals surface area contributed by atoms with Crippen molar-refractivity contribution in [1.82, 2.24) is 0 Å². The van der Waals surface area contributed by atoms with Crippen molar-refractivity contribution in [1.29, 1.82) is 0 Å². The first-order valence-corrected chi connectivity index (χ1v) is 21.1. The van der Waals surface area contributed by atoms with Crippen LogP contribution in [0.3, 0.4) is 0 Å².